The maximum atomic E-state index is 12.4. The van der Waals surface area contributed by atoms with E-state index in [-0.39, 0.29) is 11.8 Å². The van der Waals surface area contributed by atoms with E-state index in [4.69, 9.17) is 0 Å². The SMILES string of the molecule is CC1(C(=O)Nc2cccc3c2CC(=O)N3)C=CC=CN1. The fourth-order valence-electron chi connectivity index (χ4n) is 2.33. The third kappa shape index (κ3) is 2.07. The molecule has 0 spiro atoms. The van der Waals surface area contributed by atoms with Gasteiger partial charge < -0.3 is 16.0 Å². The first-order valence-electron chi connectivity index (χ1n) is 6.44. The Hall–Kier alpha value is -2.56. The van der Waals surface area contributed by atoms with Crippen molar-refractivity contribution in [1.82, 2.24) is 5.32 Å². The molecular formula is C15H15N3O2. The van der Waals surface area contributed by atoms with Crippen molar-refractivity contribution in [2.45, 2.75) is 18.9 Å². The van der Waals surface area contributed by atoms with Gasteiger partial charge in [0.2, 0.25) is 5.91 Å². The van der Waals surface area contributed by atoms with Gasteiger partial charge in [0.1, 0.15) is 5.54 Å². The molecule has 0 aliphatic carbocycles. The number of hydrogen-bond donors (Lipinski definition) is 3. The Bertz CT molecular complexity index is 649. The topological polar surface area (TPSA) is 70.2 Å². The van der Waals surface area contributed by atoms with Gasteiger partial charge in [0.15, 0.2) is 0 Å². The van der Waals surface area contributed by atoms with Crippen molar-refractivity contribution in [2.24, 2.45) is 0 Å². The molecule has 2 aliphatic heterocycles. The van der Waals surface area contributed by atoms with Crippen LogP contribution in [0.3, 0.4) is 0 Å². The number of fused-ring (bicyclic) bond motifs is 1. The highest BCUT2D eigenvalue weighted by molar-refractivity contribution is 6.05. The highest BCUT2D eigenvalue weighted by atomic mass is 16.2. The van der Waals surface area contributed by atoms with Crippen LogP contribution in [-0.2, 0) is 16.0 Å². The number of nitrogens with one attached hydrogen (secondary N) is 3. The molecule has 2 heterocycles. The molecule has 0 bridgehead atoms. The first kappa shape index (κ1) is 12.5. The normalized spacial score (nSPS) is 22.9. The number of benzene rings is 1. The van der Waals surface area contributed by atoms with Crippen LogP contribution in [0.4, 0.5) is 11.4 Å². The average Bonchev–Trinajstić information content (AvgIpc) is 2.81. The summed E-state index contributed by atoms with van der Waals surface area (Å²) in [5.41, 5.74) is 1.50. The zero-order valence-corrected chi connectivity index (χ0v) is 11.1. The van der Waals surface area contributed by atoms with Gasteiger partial charge in [-0.3, -0.25) is 9.59 Å². The molecule has 1 aromatic rings. The van der Waals surface area contributed by atoms with Gasteiger partial charge in [0.25, 0.3) is 5.91 Å². The van der Waals surface area contributed by atoms with Gasteiger partial charge in [-0.1, -0.05) is 18.2 Å². The summed E-state index contributed by atoms with van der Waals surface area (Å²) in [6.07, 6.45) is 7.50. The molecule has 0 saturated heterocycles. The molecule has 20 heavy (non-hydrogen) atoms. The Morgan fingerprint density at radius 2 is 2.20 bits per heavy atom. The fourth-order valence-corrected chi connectivity index (χ4v) is 2.33. The number of amides is 2. The number of rotatable bonds is 2. The lowest BCUT2D eigenvalue weighted by Gasteiger charge is -2.27. The van der Waals surface area contributed by atoms with E-state index >= 15 is 0 Å². The number of anilines is 2. The maximum Gasteiger partial charge on any atom is 0.253 e. The molecule has 0 aromatic heterocycles. The maximum absolute atomic E-state index is 12.4. The van der Waals surface area contributed by atoms with Gasteiger partial charge in [0.05, 0.1) is 6.42 Å². The number of hydrogen-bond acceptors (Lipinski definition) is 3. The second-order valence-electron chi connectivity index (χ2n) is 5.08. The van der Waals surface area contributed by atoms with E-state index in [2.05, 4.69) is 16.0 Å². The van der Waals surface area contributed by atoms with Crippen molar-refractivity contribution < 1.29 is 9.59 Å². The zero-order valence-electron chi connectivity index (χ0n) is 11.1. The number of dihydropyridines is 1. The lowest BCUT2D eigenvalue weighted by Crippen LogP contribution is -2.49. The van der Waals surface area contributed by atoms with E-state index in [1.807, 2.05) is 30.4 Å². The average molecular weight is 269 g/mol. The zero-order chi connectivity index (χ0) is 14.2. The van der Waals surface area contributed by atoms with Gasteiger partial charge in [-0.2, -0.15) is 0 Å². The minimum absolute atomic E-state index is 0.0495. The molecular weight excluding hydrogens is 254 g/mol. The molecule has 1 unspecified atom stereocenters. The molecule has 0 radical (unpaired) electrons. The van der Waals surface area contributed by atoms with Crippen LogP contribution in [-0.4, -0.2) is 17.4 Å². The predicted octanol–water partition coefficient (Wildman–Crippen LogP) is 1.55. The summed E-state index contributed by atoms with van der Waals surface area (Å²) in [5, 5.41) is 8.69. The number of carbonyl (C=O) groups excluding carboxylic acids is 2. The Morgan fingerprint density at radius 3 is 2.95 bits per heavy atom. The number of allylic oxidation sites excluding steroid dienone is 2. The van der Waals surface area contributed by atoms with Crippen molar-refractivity contribution in [3.63, 3.8) is 0 Å². The largest absolute Gasteiger partial charge is 0.374 e. The number of carbonyl (C=O) groups is 2. The highest BCUT2D eigenvalue weighted by Gasteiger charge is 2.31. The fraction of sp³-hybridized carbons (Fsp3) is 0.200. The second kappa shape index (κ2) is 4.52. The Labute approximate surface area is 116 Å². The van der Waals surface area contributed by atoms with Crippen molar-refractivity contribution in [2.75, 3.05) is 10.6 Å². The summed E-state index contributed by atoms with van der Waals surface area (Å²) in [6.45, 7) is 1.80. The standard InChI is InChI=1S/C15H15N3O2/c1-15(7-2-3-8-16-15)14(20)18-12-6-4-5-11-10(12)9-13(19)17-11/h2-8,16H,9H2,1H3,(H,17,19)(H,18,20). The van der Waals surface area contributed by atoms with Crippen molar-refractivity contribution in [3.05, 3.63) is 48.2 Å². The summed E-state index contributed by atoms with van der Waals surface area (Å²) in [4.78, 5) is 23.9. The van der Waals surface area contributed by atoms with Crippen LogP contribution in [0.15, 0.2) is 42.6 Å². The van der Waals surface area contributed by atoms with Crippen LogP contribution in [0, 0.1) is 0 Å². The van der Waals surface area contributed by atoms with Gasteiger partial charge in [0, 0.05) is 16.9 Å². The molecule has 1 aromatic carbocycles. The quantitative estimate of drug-likeness (QED) is 0.763. The lowest BCUT2D eigenvalue weighted by molar-refractivity contribution is -0.120. The van der Waals surface area contributed by atoms with E-state index in [1.165, 1.54) is 0 Å². The van der Waals surface area contributed by atoms with Crippen LogP contribution in [0.5, 0.6) is 0 Å². The van der Waals surface area contributed by atoms with Gasteiger partial charge in [-0.05, 0) is 31.3 Å². The molecule has 5 nitrogen and oxygen atoms in total. The first-order valence-corrected chi connectivity index (χ1v) is 6.44. The van der Waals surface area contributed by atoms with Crippen LogP contribution in [0.1, 0.15) is 12.5 Å². The van der Waals surface area contributed by atoms with Crippen LogP contribution < -0.4 is 16.0 Å². The Balaban J connectivity index is 1.84. The van der Waals surface area contributed by atoms with Gasteiger partial charge in [-0.25, -0.2) is 0 Å². The molecule has 3 rings (SSSR count). The molecule has 2 aliphatic rings. The van der Waals surface area contributed by atoms with E-state index in [9.17, 15) is 9.59 Å². The molecule has 0 fully saturated rings. The summed E-state index contributed by atoms with van der Waals surface area (Å²) < 4.78 is 0. The third-order valence-corrected chi connectivity index (χ3v) is 3.53. The van der Waals surface area contributed by atoms with Gasteiger partial charge >= 0.3 is 0 Å². The van der Waals surface area contributed by atoms with Crippen LogP contribution in [0.2, 0.25) is 0 Å². The van der Waals surface area contributed by atoms with Crippen molar-refractivity contribution >= 4 is 23.2 Å². The smallest absolute Gasteiger partial charge is 0.253 e. The van der Waals surface area contributed by atoms with E-state index < -0.39 is 5.54 Å². The molecule has 5 heteroatoms. The molecule has 102 valence electrons. The minimum Gasteiger partial charge on any atom is -0.374 e. The summed E-state index contributed by atoms with van der Waals surface area (Å²) in [5.74, 6) is -0.211. The van der Waals surface area contributed by atoms with E-state index in [1.54, 1.807) is 19.2 Å². The first-order chi connectivity index (χ1) is 9.58. The Kier molecular flexibility index (Phi) is 2.82. The molecule has 2 amide bonds. The summed E-state index contributed by atoms with van der Waals surface area (Å²) in [6, 6.07) is 5.45. The van der Waals surface area contributed by atoms with E-state index in [0.717, 1.165) is 11.3 Å². The van der Waals surface area contributed by atoms with Crippen LogP contribution in [0.25, 0.3) is 0 Å². The minimum atomic E-state index is -0.784. The predicted molar refractivity (Wildman–Crippen MR) is 77.2 cm³/mol. The van der Waals surface area contributed by atoms with Crippen molar-refractivity contribution in [1.29, 1.82) is 0 Å². The van der Waals surface area contributed by atoms with E-state index in [0.29, 0.717) is 12.1 Å². The summed E-state index contributed by atoms with van der Waals surface area (Å²) >= 11 is 0. The van der Waals surface area contributed by atoms with Gasteiger partial charge in [-0.15, -0.1) is 0 Å². The van der Waals surface area contributed by atoms with Crippen molar-refractivity contribution in [3.8, 4) is 0 Å². The Morgan fingerprint density at radius 1 is 1.35 bits per heavy atom. The monoisotopic (exact) mass is 269 g/mol. The second-order valence-corrected chi connectivity index (χ2v) is 5.08. The van der Waals surface area contributed by atoms with Crippen LogP contribution >= 0.6 is 0 Å². The molecule has 0 saturated carbocycles. The molecule has 3 N–H and O–H groups in total. The lowest BCUT2D eigenvalue weighted by atomic mass is 9.98. The highest BCUT2D eigenvalue weighted by Crippen LogP contribution is 2.30. The third-order valence-electron chi connectivity index (χ3n) is 3.53. The molecule has 1 atom stereocenters. The summed E-state index contributed by atoms with van der Waals surface area (Å²) in [7, 11) is 0.